The first-order valence-electron chi connectivity index (χ1n) is 17.7. The van der Waals surface area contributed by atoms with Gasteiger partial charge in [0, 0.05) is 61.4 Å². The average Bonchev–Trinajstić information content (AvgIpc) is 3.86. The van der Waals surface area contributed by atoms with Crippen LogP contribution in [0, 0.1) is 0 Å². The highest BCUT2D eigenvalue weighted by Crippen LogP contribution is 2.34. The molecule has 0 spiro atoms. The van der Waals surface area contributed by atoms with E-state index >= 15 is 0 Å². The number of unbranched alkanes of at least 4 members (excludes halogenated alkanes) is 1. The van der Waals surface area contributed by atoms with Crippen LogP contribution >= 0.6 is 0 Å². The van der Waals surface area contributed by atoms with Gasteiger partial charge in [0.1, 0.15) is 24.2 Å². The van der Waals surface area contributed by atoms with Crippen LogP contribution in [-0.4, -0.2) is 77.3 Å². The summed E-state index contributed by atoms with van der Waals surface area (Å²) in [6, 6.07) is 21.7. The van der Waals surface area contributed by atoms with Crippen LogP contribution in [0.1, 0.15) is 65.7 Å². The van der Waals surface area contributed by atoms with Crippen LogP contribution < -0.4 is 14.5 Å². The lowest BCUT2D eigenvalue weighted by Crippen LogP contribution is -2.23. The summed E-state index contributed by atoms with van der Waals surface area (Å²) in [6.45, 7) is 11.6. The Morgan fingerprint density at radius 3 is 1.67 bits per heavy atom. The quantitative estimate of drug-likeness (QED) is 0.140. The fourth-order valence-electron chi connectivity index (χ4n) is 5.84. The number of rotatable bonds is 13. The van der Waals surface area contributed by atoms with Gasteiger partial charge in [-0.25, -0.2) is 15.0 Å². The summed E-state index contributed by atoms with van der Waals surface area (Å²) in [5.41, 5.74) is 4.64. The molecule has 3 aromatic carbocycles. The van der Waals surface area contributed by atoms with Gasteiger partial charge in [-0.3, -0.25) is 0 Å². The van der Waals surface area contributed by atoms with Gasteiger partial charge < -0.3 is 29.5 Å². The van der Waals surface area contributed by atoms with Gasteiger partial charge >= 0.3 is 0 Å². The third-order valence-electron chi connectivity index (χ3n) is 8.43. The summed E-state index contributed by atoms with van der Waals surface area (Å²) in [7, 11) is 0. The Hall–Kier alpha value is -4.21. The van der Waals surface area contributed by atoms with Crippen LogP contribution in [0.25, 0.3) is 34.2 Å². The van der Waals surface area contributed by atoms with Crippen LogP contribution in [0.5, 0.6) is 11.5 Å². The van der Waals surface area contributed by atoms with Crippen molar-refractivity contribution in [3.63, 3.8) is 0 Å². The molecule has 2 fully saturated rings. The summed E-state index contributed by atoms with van der Waals surface area (Å²) >= 11 is 0. The number of aromatic hydroxyl groups is 1. The van der Waals surface area contributed by atoms with E-state index in [4.69, 9.17) is 24.4 Å². The third kappa shape index (κ3) is 9.45. The van der Waals surface area contributed by atoms with E-state index in [9.17, 15) is 10.2 Å². The number of nitrogens with zero attached hydrogens (tertiary/aromatic N) is 5. The van der Waals surface area contributed by atoms with Gasteiger partial charge in [-0.15, -0.1) is 0 Å². The lowest BCUT2D eigenvalue weighted by atomic mass is 10.1. The Morgan fingerprint density at radius 2 is 1.19 bits per heavy atom. The molecule has 1 unspecified atom stereocenters. The zero-order valence-electron chi connectivity index (χ0n) is 28.8. The molecule has 1 aromatic heterocycles. The molecule has 9 nitrogen and oxygen atoms in total. The van der Waals surface area contributed by atoms with Crippen LogP contribution in [0.2, 0.25) is 0 Å². The highest BCUT2D eigenvalue weighted by molar-refractivity contribution is 5.71. The highest BCUT2D eigenvalue weighted by atomic mass is 16.5. The number of hydrogen-bond donors (Lipinski definition) is 2. The second-order valence-corrected chi connectivity index (χ2v) is 12.6. The number of aliphatic hydroxyl groups excluding tert-OH is 1. The van der Waals surface area contributed by atoms with E-state index in [1.807, 2.05) is 0 Å². The molecule has 0 amide bonds. The van der Waals surface area contributed by atoms with E-state index < -0.39 is 6.10 Å². The fourth-order valence-corrected chi connectivity index (χ4v) is 5.84. The summed E-state index contributed by atoms with van der Waals surface area (Å²) in [5.74, 6) is 1.87. The van der Waals surface area contributed by atoms with Crippen molar-refractivity contribution in [1.29, 1.82) is 0 Å². The van der Waals surface area contributed by atoms with Gasteiger partial charge in [0.25, 0.3) is 0 Å². The lowest BCUT2D eigenvalue weighted by Gasteiger charge is -2.18. The zero-order valence-corrected chi connectivity index (χ0v) is 28.8. The lowest BCUT2D eigenvalue weighted by molar-refractivity contribution is 0.0113. The SMILES string of the molecule is CCC.CCCCOCC(O)COc1ccc(-c2nc(-c3ccc(N4CCCC4)cc3)nc(-c3ccc(N4CCCC4)cc3)n2)c(O)c1. The Labute approximate surface area is 285 Å². The minimum absolute atomic E-state index is 0.0157. The normalized spacial score (nSPS) is 14.9. The van der Waals surface area contributed by atoms with Crippen molar-refractivity contribution in [2.45, 2.75) is 71.8 Å². The maximum Gasteiger partial charge on any atom is 0.167 e. The first-order valence-corrected chi connectivity index (χ1v) is 17.7. The molecule has 0 bridgehead atoms. The molecular weight excluding hydrogens is 602 g/mol. The number of phenols is 1. The van der Waals surface area contributed by atoms with Gasteiger partial charge in [-0.05, 0) is 92.8 Å². The molecule has 2 aliphatic rings. The number of phenolic OH excluding ortho intramolecular Hbond substituents is 1. The third-order valence-corrected chi connectivity index (χ3v) is 8.43. The standard InChI is InChI=1S/C36H43N5O4.C3H8/c1-2-3-22-44-24-30(42)25-45-31-16-17-32(33(43)23-31)36-38-34(26-8-12-28(13-9-26)40-18-4-5-19-40)37-35(39-36)27-10-14-29(15-11-27)41-20-6-7-21-41;1-3-2/h8-17,23,30,42-43H,2-7,18-22,24-25H2,1H3;3H2,1-2H3. The second-order valence-electron chi connectivity index (χ2n) is 12.6. The minimum Gasteiger partial charge on any atom is -0.507 e. The van der Waals surface area contributed by atoms with E-state index in [1.165, 1.54) is 49.5 Å². The highest BCUT2D eigenvalue weighted by Gasteiger charge is 2.18. The van der Waals surface area contributed by atoms with Crippen LogP contribution in [0.3, 0.4) is 0 Å². The van der Waals surface area contributed by atoms with Crippen LogP contribution in [0.4, 0.5) is 11.4 Å². The molecule has 2 aliphatic heterocycles. The number of aromatic nitrogens is 3. The predicted octanol–water partition coefficient (Wildman–Crippen LogP) is 7.75. The van der Waals surface area contributed by atoms with Gasteiger partial charge in [0.2, 0.25) is 0 Å². The first-order chi connectivity index (χ1) is 23.5. The topological polar surface area (TPSA) is 104 Å². The number of anilines is 2. The molecule has 256 valence electrons. The van der Waals surface area contributed by atoms with Crippen molar-refractivity contribution >= 4 is 11.4 Å². The van der Waals surface area contributed by atoms with Crippen molar-refractivity contribution in [3.8, 4) is 45.7 Å². The number of aliphatic hydroxyl groups is 1. The minimum atomic E-state index is -0.758. The molecule has 9 heteroatoms. The molecule has 4 aromatic rings. The molecule has 6 rings (SSSR count). The van der Waals surface area contributed by atoms with E-state index in [0.29, 0.717) is 35.4 Å². The summed E-state index contributed by atoms with van der Waals surface area (Å²) in [4.78, 5) is 19.3. The summed E-state index contributed by atoms with van der Waals surface area (Å²) in [5, 5.41) is 21.3. The largest absolute Gasteiger partial charge is 0.507 e. The van der Waals surface area contributed by atoms with Crippen molar-refractivity contribution < 1.29 is 19.7 Å². The van der Waals surface area contributed by atoms with Crippen molar-refractivity contribution in [3.05, 3.63) is 66.7 Å². The van der Waals surface area contributed by atoms with E-state index in [2.05, 4.69) is 79.1 Å². The summed E-state index contributed by atoms with van der Waals surface area (Å²) < 4.78 is 11.2. The molecule has 3 heterocycles. The van der Waals surface area contributed by atoms with Gasteiger partial charge in [0.15, 0.2) is 17.5 Å². The van der Waals surface area contributed by atoms with Gasteiger partial charge in [-0.1, -0.05) is 33.6 Å². The molecule has 2 N–H and O–H groups in total. The molecular formula is C39H51N5O4. The van der Waals surface area contributed by atoms with Gasteiger partial charge in [0.05, 0.1) is 12.2 Å². The molecule has 0 saturated carbocycles. The van der Waals surface area contributed by atoms with Crippen molar-refractivity contribution in [2.75, 3.05) is 55.8 Å². The Kier molecular flexibility index (Phi) is 13.0. The average molecular weight is 654 g/mol. The van der Waals surface area contributed by atoms with E-state index in [0.717, 1.165) is 50.1 Å². The molecule has 2 saturated heterocycles. The monoisotopic (exact) mass is 653 g/mol. The Morgan fingerprint density at radius 1 is 0.688 bits per heavy atom. The molecule has 48 heavy (non-hydrogen) atoms. The maximum atomic E-state index is 11.1. The zero-order chi connectivity index (χ0) is 33.7. The molecule has 1 atom stereocenters. The first kappa shape index (κ1) is 35.1. The van der Waals surface area contributed by atoms with Gasteiger partial charge in [-0.2, -0.15) is 0 Å². The number of ether oxygens (including phenoxy) is 2. The maximum absolute atomic E-state index is 11.1. The van der Waals surface area contributed by atoms with E-state index in [-0.39, 0.29) is 19.0 Å². The van der Waals surface area contributed by atoms with Crippen LogP contribution in [-0.2, 0) is 4.74 Å². The molecule has 0 aliphatic carbocycles. The van der Waals surface area contributed by atoms with Crippen LogP contribution in [0.15, 0.2) is 66.7 Å². The number of benzene rings is 3. The summed E-state index contributed by atoms with van der Waals surface area (Å²) in [6.07, 6.45) is 7.38. The van der Waals surface area contributed by atoms with Crippen molar-refractivity contribution in [1.82, 2.24) is 15.0 Å². The fraction of sp³-hybridized carbons (Fsp3) is 0.462. The molecule has 0 radical (unpaired) electrons. The predicted molar refractivity (Wildman–Crippen MR) is 194 cm³/mol. The Balaban J connectivity index is 0.00000145. The Bertz CT molecular complexity index is 1470. The second kappa shape index (κ2) is 17.8. The van der Waals surface area contributed by atoms with Crippen molar-refractivity contribution in [2.24, 2.45) is 0 Å². The number of hydrogen-bond acceptors (Lipinski definition) is 9. The van der Waals surface area contributed by atoms with E-state index in [1.54, 1.807) is 12.1 Å². The smallest absolute Gasteiger partial charge is 0.167 e.